The lowest BCUT2D eigenvalue weighted by molar-refractivity contribution is 0.405. The highest BCUT2D eigenvalue weighted by Crippen LogP contribution is 2.14. The van der Waals surface area contributed by atoms with Crippen LogP contribution in [0.4, 0.5) is 5.82 Å². The second-order valence-corrected chi connectivity index (χ2v) is 4.75. The summed E-state index contributed by atoms with van der Waals surface area (Å²) in [6, 6.07) is 1.71. The van der Waals surface area contributed by atoms with E-state index < -0.39 is 0 Å². The number of nitrogens with zero attached hydrogens (tertiary/aromatic N) is 3. The summed E-state index contributed by atoms with van der Waals surface area (Å²) >= 11 is 0. The molecule has 2 aromatic heterocycles. The predicted molar refractivity (Wildman–Crippen MR) is 64.9 cm³/mol. The number of aromatic nitrogens is 4. The van der Waals surface area contributed by atoms with Crippen LogP contribution in [0.1, 0.15) is 13.8 Å². The molecule has 0 amide bonds. The Morgan fingerprint density at radius 1 is 1.59 bits per heavy atom. The van der Waals surface area contributed by atoms with E-state index in [1.807, 2.05) is 0 Å². The first-order valence-electron chi connectivity index (χ1n) is 5.38. The molecule has 0 saturated heterocycles. The summed E-state index contributed by atoms with van der Waals surface area (Å²) < 4.78 is 1.35. The molecule has 17 heavy (non-hydrogen) atoms. The number of rotatable bonds is 4. The first-order chi connectivity index (χ1) is 8.02. The van der Waals surface area contributed by atoms with Crippen LogP contribution >= 0.6 is 0 Å². The van der Waals surface area contributed by atoms with E-state index >= 15 is 0 Å². The van der Waals surface area contributed by atoms with E-state index in [9.17, 15) is 4.79 Å². The van der Waals surface area contributed by atoms with Crippen molar-refractivity contribution in [1.29, 1.82) is 0 Å². The fourth-order valence-electron chi connectivity index (χ4n) is 1.31. The zero-order valence-corrected chi connectivity index (χ0v) is 9.90. The molecule has 0 bridgehead atoms. The quantitative estimate of drug-likeness (QED) is 0.683. The van der Waals surface area contributed by atoms with Crippen molar-refractivity contribution >= 4 is 11.5 Å². The van der Waals surface area contributed by atoms with E-state index in [0.29, 0.717) is 24.6 Å². The molecule has 0 unspecified atom stereocenters. The molecule has 2 aromatic rings. The number of hydrogen-bond donors (Lipinski definition) is 3. The molecule has 0 aliphatic carbocycles. The van der Waals surface area contributed by atoms with Gasteiger partial charge in [0.05, 0.1) is 0 Å². The number of nitrogens with two attached hydrogens (primary N) is 1. The second-order valence-electron chi connectivity index (χ2n) is 4.75. The molecule has 0 saturated carbocycles. The van der Waals surface area contributed by atoms with E-state index in [4.69, 9.17) is 5.73 Å². The number of anilines is 1. The zero-order valence-electron chi connectivity index (χ0n) is 9.90. The van der Waals surface area contributed by atoms with Gasteiger partial charge in [0.2, 0.25) is 0 Å². The van der Waals surface area contributed by atoms with Crippen molar-refractivity contribution in [2.24, 2.45) is 11.1 Å². The van der Waals surface area contributed by atoms with Crippen LogP contribution in [-0.2, 0) is 0 Å². The van der Waals surface area contributed by atoms with Gasteiger partial charge < -0.3 is 11.1 Å². The van der Waals surface area contributed by atoms with Gasteiger partial charge in [-0.05, 0) is 12.0 Å². The molecule has 0 fully saturated rings. The molecule has 0 radical (unpaired) electrons. The minimum absolute atomic E-state index is 0.000943. The second kappa shape index (κ2) is 4.17. The molecule has 92 valence electrons. The molecule has 0 aliphatic heterocycles. The average molecular weight is 236 g/mol. The molecule has 0 atom stereocenters. The first kappa shape index (κ1) is 11.6. The molecule has 0 aromatic carbocycles. The molecular formula is C10H16N6O. The van der Waals surface area contributed by atoms with Gasteiger partial charge in [0.25, 0.3) is 0 Å². The summed E-state index contributed by atoms with van der Waals surface area (Å²) in [4.78, 5) is 15.3. The Bertz CT molecular complexity index is 569. The summed E-state index contributed by atoms with van der Waals surface area (Å²) in [5, 5.41) is 9.40. The minimum Gasteiger partial charge on any atom is -0.369 e. The van der Waals surface area contributed by atoms with Crippen molar-refractivity contribution in [3.05, 3.63) is 22.9 Å². The lowest BCUT2D eigenvalue weighted by atomic mass is 9.94. The summed E-state index contributed by atoms with van der Waals surface area (Å²) in [6.45, 7) is 5.43. The zero-order chi connectivity index (χ0) is 12.5. The van der Waals surface area contributed by atoms with Crippen molar-refractivity contribution in [3.63, 3.8) is 0 Å². The maximum Gasteiger partial charge on any atom is 0.348 e. The third-order valence-electron chi connectivity index (χ3n) is 2.61. The van der Waals surface area contributed by atoms with E-state index in [0.717, 1.165) is 0 Å². The van der Waals surface area contributed by atoms with Crippen molar-refractivity contribution in [2.45, 2.75) is 13.8 Å². The van der Waals surface area contributed by atoms with E-state index in [1.165, 1.54) is 10.7 Å². The van der Waals surface area contributed by atoms with Crippen molar-refractivity contribution in [3.8, 4) is 0 Å². The van der Waals surface area contributed by atoms with Crippen LogP contribution in [0.25, 0.3) is 5.65 Å². The summed E-state index contributed by atoms with van der Waals surface area (Å²) in [5.41, 5.74) is 5.89. The SMILES string of the molecule is CC(C)(CN)CNc1cc2n[nH]c(=O)n2cn1. The number of fused-ring (bicyclic) bond motifs is 1. The van der Waals surface area contributed by atoms with Gasteiger partial charge in [0.1, 0.15) is 12.1 Å². The van der Waals surface area contributed by atoms with Gasteiger partial charge >= 0.3 is 5.69 Å². The smallest absolute Gasteiger partial charge is 0.348 e. The maximum absolute atomic E-state index is 11.2. The highest BCUT2D eigenvalue weighted by Gasteiger charge is 2.15. The molecule has 7 heteroatoms. The monoisotopic (exact) mass is 236 g/mol. The van der Waals surface area contributed by atoms with Crippen LogP contribution in [0, 0.1) is 5.41 Å². The van der Waals surface area contributed by atoms with Gasteiger partial charge in [0, 0.05) is 12.6 Å². The van der Waals surface area contributed by atoms with Crippen molar-refractivity contribution in [2.75, 3.05) is 18.4 Å². The van der Waals surface area contributed by atoms with E-state index in [1.54, 1.807) is 6.07 Å². The Morgan fingerprint density at radius 2 is 2.35 bits per heavy atom. The molecule has 0 aliphatic rings. The Morgan fingerprint density at radius 3 is 3.06 bits per heavy atom. The first-order valence-corrected chi connectivity index (χ1v) is 5.38. The number of hydrogen-bond acceptors (Lipinski definition) is 5. The van der Waals surface area contributed by atoms with Gasteiger partial charge in [0.15, 0.2) is 5.65 Å². The topological polar surface area (TPSA) is 101 Å². The molecule has 7 nitrogen and oxygen atoms in total. The fraction of sp³-hybridized carbons (Fsp3) is 0.500. The Labute approximate surface area is 98.1 Å². The van der Waals surface area contributed by atoms with Crippen LogP contribution in [0.5, 0.6) is 0 Å². The van der Waals surface area contributed by atoms with Gasteiger partial charge in [-0.1, -0.05) is 13.8 Å². The van der Waals surface area contributed by atoms with Gasteiger partial charge in [-0.2, -0.15) is 5.10 Å². The van der Waals surface area contributed by atoms with E-state index in [2.05, 4.69) is 34.3 Å². The summed E-state index contributed by atoms with van der Waals surface area (Å²) in [6.07, 6.45) is 1.44. The van der Waals surface area contributed by atoms with Gasteiger partial charge in [-0.25, -0.2) is 19.3 Å². The highest BCUT2D eigenvalue weighted by atomic mass is 16.1. The van der Waals surface area contributed by atoms with Crippen LogP contribution in [0.3, 0.4) is 0 Å². The summed E-state index contributed by atoms with van der Waals surface area (Å²) in [7, 11) is 0. The van der Waals surface area contributed by atoms with Crippen LogP contribution < -0.4 is 16.7 Å². The number of aromatic amines is 1. The molecular weight excluding hydrogens is 220 g/mol. The van der Waals surface area contributed by atoms with Crippen LogP contribution in [-0.4, -0.2) is 32.7 Å². The molecule has 4 N–H and O–H groups in total. The Balaban J connectivity index is 2.17. The van der Waals surface area contributed by atoms with Crippen LogP contribution in [0.15, 0.2) is 17.2 Å². The number of H-pyrrole nitrogens is 1. The Kier molecular flexibility index (Phi) is 2.84. The van der Waals surface area contributed by atoms with Crippen molar-refractivity contribution < 1.29 is 0 Å². The summed E-state index contributed by atoms with van der Waals surface area (Å²) in [5.74, 6) is 0.679. The Hall–Kier alpha value is -1.89. The fourth-order valence-corrected chi connectivity index (χ4v) is 1.31. The predicted octanol–water partition coefficient (Wildman–Crippen LogP) is -0.186. The standard InChI is InChI=1S/C10H16N6O/c1-10(2,4-11)5-12-7-3-8-14-15-9(17)16(8)6-13-7/h3,6,12H,4-5,11H2,1-2H3,(H,15,17). The van der Waals surface area contributed by atoms with E-state index in [-0.39, 0.29) is 11.1 Å². The third-order valence-corrected chi connectivity index (χ3v) is 2.61. The lowest BCUT2D eigenvalue weighted by Gasteiger charge is -2.22. The van der Waals surface area contributed by atoms with Gasteiger partial charge in [-0.3, -0.25) is 0 Å². The highest BCUT2D eigenvalue weighted by molar-refractivity contribution is 5.48. The van der Waals surface area contributed by atoms with Crippen LogP contribution in [0.2, 0.25) is 0 Å². The largest absolute Gasteiger partial charge is 0.369 e. The maximum atomic E-state index is 11.2. The lowest BCUT2D eigenvalue weighted by Crippen LogP contribution is -2.31. The third kappa shape index (κ3) is 2.44. The average Bonchev–Trinajstić information content (AvgIpc) is 2.68. The molecule has 2 rings (SSSR count). The number of nitrogens with one attached hydrogen (secondary N) is 2. The molecule has 2 heterocycles. The van der Waals surface area contributed by atoms with Crippen molar-refractivity contribution in [1.82, 2.24) is 19.6 Å². The minimum atomic E-state index is -0.290. The van der Waals surface area contributed by atoms with Gasteiger partial charge in [-0.15, -0.1) is 0 Å². The normalized spacial score (nSPS) is 11.9. The molecule has 0 spiro atoms.